The van der Waals surface area contributed by atoms with E-state index in [1.807, 2.05) is 11.6 Å². The number of hydrogen-bond donors (Lipinski definition) is 0. The van der Waals surface area contributed by atoms with Crippen molar-refractivity contribution in [2.24, 2.45) is 7.05 Å². The molecule has 4 aromatic rings. The standard InChI is InChI=1S/C23H20F3N3S2/c1-14-7-9-17(10-8-14)20-15(2)30-13-19(20)21-27-28-22(29(21)3)31-12-16-5-4-6-18(11-16)23(24,25)26/h4-11,13H,12H2,1-3H3. The summed E-state index contributed by atoms with van der Waals surface area (Å²) in [6.07, 6.45) is -4.35. The maximum absolute atomic E-state index is 13.0. The lowest BCUT2D eigenvalue weighted by atomic mass is 10.0. The number of alkyl halides is 3. The molecule has 0 radical (unpaired) electrons. The van der Waals surface area contributed by atoms with Crippen LogP contribution >= 0.6 is 23.1 Å². The van der Waals surface area contributed by atoms with E-state index in [-0.39, 0.29) is 0 Å². The van der Waals surface area contributed by atoms with Crippen molar-refractivity contribution in [1.82, 2.24) is 14.8 Å². The van der Waals surface area contributed by atoms with Gasteiger partial charge in [0.2, 0.25) is 0 Å². The van der Waals surface area contributed by atoms with Crippen molar-refractivity contribution in [1.29, 1.82) is 0 Å². The number of thiophene rings is 1. The molecule has 3 nitrogen and oxygen atoms in total. The summed E-state index contributed by atoms with van der Waals surface area (Å²) >= 11 is 3.03. The van der Waals surface area contributed by atoms with Gasteiger partial charge in [-0.15, -0.1) is 21.5 Å². The highest BCUT2D eigenvalue weighted by Gasteiger charge is 2.30. The molecule has 160 valence electrons. The van der Waals surface area contributed by atoms with Crippen LogP contribution in [0.3, 0.4) is 0 Å². The number of nitrogens with zero attached hydrogens (tertiary/aromatic N) is 3. The summed E-state index contributed by atoms with van der Waals surface area (Å²) in [7, 11) is 1.88. The molecule has 0 saturated carbocycles. The van der Waals surface area contributed by atoms with Crippen LogP contribution in [-0.4, -0.2) is 14.8 Å². The molecule has 0 amide bonds. The van der Waals surface area contributed by atoms with Gasteiger partial charge < -0.3 is 4.57 Å². The van der Waals surface area contributed by atoms with Crippen LogP contribution in [0.4, 0.5) is 13.2 Å². The first-order valence-electron chi connectivity index (χ1n) is 9.58. The van der Waals surface area contributed by atoms with Crippen LogP contribution in [0.25, 0.3) is 22.5 Å². The molecule has 0 bridgehead atoms. The van der Waals surface area contributed by atoms with Crippen molar-refractivity contribution in [2.75, 3.05) is 0 Å². The minimum atomic E-state index is -4.35. The maximum atomic E-state index is 13.0. The van der Waals surface area contributed by atoms with E-state index < -0.39 is 11.7 Å². The molecule has 0 spiro atoms. The minimum Gasteiger partial charge on any atom is -0.305 e. The Labute approximate surface area is 187 Å². The average Bonchev–Trinajstić information content (AvgIpc) is 3.29. The smallest absolute Gasteiger partial charge is 0.305 e. The second-order valence-corrected chi connectivity index (χ2v) is 9.32. The molecular formula is C23H20F3N3S2. The quantitative estimate of drug-likeness (QED) is 0.297. The molecule has 0 saturated heterocycles. The maximum Gasteiger partial charge on any atom is 0.416 e. The molecule has 0 N–H and O–H groups in total. The monoisotopic (exact) mass is 459 g/mol. The second-order valence-electron chi connectivity index (χ2n) is 7.30. The number of benzene rings is 2. The summed E-state index contributed by atoms with van der Waals surface area (Å²) in [6, 6.07) is 13.8. The summed E-state index contributed by atoms with van der Waals surface area (Å²) in [5.74, 6) is 1.12. The molecule has 2 aromatic heterocycles. The highest BCUT2D eigenvalue weighted by atomic mass is 32.2. The Hall–Kier alpha value is -2.58. The molecule has 4 rings (SSSR count). The minimum absolute atomic E-state index is 0.378. The molecule has 8 heteroatoms. The van der Waals surface area contributed by atoms with E-state index in [0.717, 1.165) is 28.6 Å². The highest BCUT2D eigenvalue weighted by molar-refractivity contribution is 7.98. The van der Waals surface area contributed by atoms with Gasteiger partial charge in [-0.05, 0) is 31.0 Å². The molecule has 0 fully saturated rings. The lowest BCUT2D eigenvalue weighted by molar-refractivity contribution is -0.137. The highest BCUT2D eigenvalue weighted by Crippen LogP contribution is 2.39. The Bertz CT molecular complexity index is 1210. The Balaban J connectivity index is 1.60. The van der Waals surface area contributed by atoms with Gasteiger partial charge >= 0.3 is 6.18 Å². The van der Waals surface area contributed by atoms with Gasteiger partial charge in [0.15, 0.2) is 11.0 Å². The topological polar surface area (TPSA) is 30.7 Å². The van der Waals surface area contributed by atoms with Crippen LogP contribution in [0.15, 0.2) is 59.1 Å². The van der Waals surface area contributed by atoms with E-state index in [9.17, 15) is 13.2 Å². The van der Waals surface area contributed by atoms with Crippen LogP contribution < -0.4 is 0 Å². The third kappa shape index (κ3) is 4.55. The molecule has 0 aliphatic rings. The molecule has 0 aliphatic carbocycles. The van der Waals surface area contributed by atoms with Gasteiger partial charge in [-0.25, -0.2) is 0 Å². The molecular weight excluding hydrogens is 439 g/mol. The first-order valence-corrected chi connectivity index (χ1v) is 11.4. The van der Waals surface area contributed by atoms with Gasteiger partial charge in [-0.3, -0.25) is 0 Å². The largest absolute Gasteiger partial charge is 0.416 e. The van der Waals surface area contributed by atoms with Crippen LogP contribution in [0, 0.1) is 13.8 Å². The summed E-state index contributed by atoms with van der Waals surface area (Å²) in [5, 5.41) is 11.4. The van der Waals surface area contributed by atoms with Crippen LogP contribution in [-0.2, 0) is 19.0 Å². The first kappa shape index (κ1) is 21.6. The van der Waals surface area contributed by atoms with E-state index in [2.05, 4.69) is 53.7 Å². The van der Waals surface area contributed by atoms with Crippen molar-refractivity contribution < 1.29 is 13.2 Å². The fourth-order valence-corrected chi connectivity index (χ4v) is 5.08. The zero-order valence-electron chi connectivity index (χ0n) is 17.2. The van der Waals surface area contributed by atoms with Gasteiger partial charge in [0.1, 0.15) is 0 Å². The van der Waals surface area contributed by atoms with Crippen molar-refractivity contribution in [3.05, 3.63) is 75.5 Å². The van der Waals surface area contributed by atoms with E-state index in [1.54, 1.807) is 17.4 Å². The van der Waals surface area contributed by atoms with E-state index in [1.165, 1.54) is 34.3 Å². The van der Waals surface area contributed by atoms with Gasteiger partial charge in [0.25, 0.3) is 0 Å². The van der Waals surface area contributed by atoms with Gasteiger partial charge in [0.05, 0.1) is 5.56 Å². The van der Waals surface area contributed by atoms with E-state index in [4.69, 9.17) is 0 Å². The lowest BCUT2D eigenvalue weighted by Gasteiger charge is -2.09. The van der Waals surface area contributed by atoms with E-state index >= 15 is 0 Å². The second kappa shape index (κ2) is 8.51. The summed E-state index contributed by atoms with van der Waals surface area (Å²) in [6.45, 7) is 4.14. The Morgan fingerprint density at radius 2 is 1.77 bits per heavy atom. The molecule has 0 unspecified atom stereocenters. The Kier molecular flexibility index (Phi) is 5.94. The van der Waals surface area contributed by atoms with E-state index in [0.29, 0.717) is 16.5 Å². The zero-order chi connectivity index (χ0) is 22.2. The SMILES string of the molecule is Cc1ccc(-c2c(-c3nnc(SCc4cccc(C(F)(F)F)c4)n3C)csc2C)cc1. The Morgan fingerprint density at radius 3 is 2.48 bits per heavy atom. The van der Waals surface area contributed by atoms with Crippen LogP contribution in [0.5, 0.6) is 0 Å². The lowest BCUT2D eigenvalue weighted by Crippen LogP contribution is -2.05. The zero-order valence-corrected chi connectivity index (χ0v) is 18.8. The summed E-state index contributed by atoms with van der Waals surface area (Å²) in [5.41, 5.74) is 4.42. The summed E-state index contributed by atoms with van der Waals surface area (Å²) in [4.78, 5) is 1.19. The predicted molar refractivity (Wildman–Crippen MR) is 120 cm³/mol. The normalized spacial score (nSPS) is 11.8. The van der Waals surface area contributed by atoms with Gasteiger partial charge in [0, 0.05) is 34.2 Å². The average molecular weight is 460 g/mol. The van der Waals surface area contributed by atoms with Crippen LogP contribution in [0.2, 0.25) is 0 Å². The number of halogens is 3. The van der Waals surface area contributed by atoms with Gasteiger partial charge in [-0.2, -0.15) is 13.2 Å². The van der Waals surface area contributed by atoms with Crippen molar-refractivity contribution in [3.63, 3.8) is 0 Å². The van der Waals surface area contributed by atoms with Crippen molar-refractivity contribution in [2.45, 2.75) is 30.9 Å². The first-order chi connectivity index (χ1) is 14.7. The van der Waals surface area contributed by atoms with Gasteiger partial charge in [-0.1, -0.05) is 59.8 Å². The van der Waals surface area contributed by atoms with Crippen molar-refractivity contribution >= 4 is 23.1 Å². The number of hydrogen-bond acceptors (Lipinski definition) is 4. The number of aryl methyl sites for hydroxylation is 2. The molecule has 0 atom stereocenters. The predicted octanol–water partition coefficient (Wildman–Crippen LogP) is 7.14. The third-order valence-corrected chi connectivity index (χ3v) is 7.02. The fraction of sp³-hybridized carbons (Fsp3) is 0.217. The third-order valence-electron chi connectivity index (χ3n) is 5.01. The fourth-order valence-electron chi connectivity index (χ4n) is 3.36. The number of aromatic nitrogens is 3. The molecule has 2 heterocycles. The number of thioether (sulfide) groups is 1. The van der Waals surface area contributed by atoms with Crippen LogP contribution in [0.1, 0.15) is 21.6 Å². The van der Waals surface area contributed by atoms with Crippen molar-refractivity contribution in [3.8, 4) is 22.5 Å². The Morgan fingerprint density at radius 1 is 1.03 bits per heavy atom. The molecule has 2 aromatic carbocycles. The molecule has 31 heavy (non-hydrogen) atoms. The molecule has 0 aliphatic heterocycles. The number of rotatable bonds is 5. The summed E-state index contributed by atoms with van der Waals surface area (Å²) < 4.78 is 40.8.